The van der Waals surface area contributed by atoms with Crippen LogP contribution in [0.3, 0.4) is 0 Å². The topological polar surface area (TPSA) is 87.8 Å². The number of aryl methyl sites for hydroxylation is 2. The summed E-state index contributed by atoms with van der Waals surface area (Å²) < 4.78 is 11.7. The third-order valence-corrected chi connectivity index (χ3v) is 7.98. The summed E-state index contributed by atoms with van der Waals surface area (Å²) in [6.45, 7) is 8.00. The van der Waals surface area contributed by atoms with E-state index < -0.39 is 0 Å². The molecule has 2 aromatic heterocycles. The Bertz CT molecular complexity index is 1520. The van der Waals surface area contributed by atoms with Crippen LogP contribution in [-0.2, 0) is 11.3 Å². The Labute approximate surface area is 217 Å². The van der Waals surface area contributed by atoms with Gasteiger partial charge >= 0.3 is 0 Å². The molecule has 0 bridgehead atoms. The van der Waals surface area contributed by atoms with Gasteiger partial charge in [0.15, 0.2) is 17.3 Å². The first kappa shape index (κ1) is 24.0. The number of phenols is 1. The molecule has 0 saturated heterocycles. The quantitative estimate of drug-likeness (QED) is 0.278. The molecule has 36 heavy (non-hydrogen) atoms. The molecule has 0 saturated carbocycles. The first-order valence-corrected chi connectivity index (χ1v) is 12.4. The van der Waals surface area contributed by atoms with Gasteiger partial charge in [-0.3, -0.25) is 4.79 Å². The number of carbonyl (C=O) groups is 1. The first-order valence-electron chi connectivity index (χ1n) is 11.2. The lowest BCUT2D eigenvalue weighted by Crippen LogP contribution is -2.29. The van der Waals surface area contributed by atoms with E-state index in [0.29, 0.717) is 45.6 Å². The van der Waals surface area contributed by atoms with Crippen LogP contribution in [0.4, 0.5) is 5.69 Å². The van der Waals surface area contributed by atoms with Crippen molar-refractivity contribution < 1.29 is 19.2 Å². The number of aromatic hydroxyl groups is 1. The summed E-state index contributed by atoms with van der Waals surface area (Å²) in [6.07, 6.45) is 3.59. The monoisotopic (exact) mass is 521 g/mol. The van der Waals surface area contributed by atoms with Gasteiger partial charge < -0.3 is 24.6 Å². The Hall–Kier alpha value is -3.75. The average molecular weight is 522 g/mol. The van der Waals surface area contributed by atoms with E-state index in [1.54, 1.807) is 49.6 Å². The van der Waals surface area contributed by atoms with Crippen LogP contribution in [0.1, 0.15) is 33.5 Å². The second kappa shape index (κ2) is 9.37. The highest BCUT2D eigenvalue weighted by Gasteiger charge is 2.31. The SMILES string of the molecule is C=CC1c2cc(OC)c(O)cc2C(C(=O)Nc2c(C)noc2C)=CN1Cc1sc2ccccc2c1Cl. The van der Waals surface area contributed by atoms with Crippen LogP contribution in [0.15, 0.2) is 59.8 Å². The summed E-state index contributed by atoms with van der Waals surface area (Å²) in [5.41, 5.74) is 2.83. The van der Waals surface area contributed by atoms with Gasteiger partial charge in [0.1, 0.15) is 11.4 Å². The largest absolute Gasteiger partial charge is 0.504 e. The Balaban J connectivity index is 1.61. The fourth-order valence-corrected chi connectivity index (χ4v) is 5.98. The van der Waals surface area contributed by atoms with Gasteiger partial charge in [0.2, 0.25) is 0 Å². The molecular formula is C27H24ClN3O4S. The van der Waals surface area contributed by atoms with Gasteiger partial charge in [-0.05, 0) is 43.2 Å². The normalized spacial score (nSPS) is 14.9. The highest BCUT2D eigenvalue weighted by Crippen LogP contribution is 2.44. The minimum Gasteiger partial charge on any atom is -0.504 e. The smallest absolute Gasteiger partial charge is 0.257 e. The zero-order valence-corrected chi connectivity index (χ0v) is 21.5. The number of thiophene rings is 1. The maximum Gasteiger partial charge on any atom is 0.257 e. The predicted octanol–water partition coefficient (Wildman–Crippen LogP) is 6.60. The van der Waals surface area contributed by atoms with Gasteiger partial charge in [-0.15, -0.1) is 17.9 Å². The van der Waals surface area contributed by atoms with Crippen molar-refractivity contribution in [2.24, 2.45) is 0 Å². The number of aromatic nitrogens is 1. The minimum atomic E-state index is -0.356. The van der Waals surface area contributed by atoms with Crippen LogP contribution in [0, 0.1) is 13.8 Å². The van der Waals surface area contributed by atoms with E-state index in [4.69, 9.17) is 20.9 Å². The number of anilines is 1. The lowest BCUT2D eigenvalue weighted by molar-refractivity contribution is -0.111. The standard InChI is InChI=1S/C27H24ClN3O4S/c1-5-20-18-11-22(34-4)21(32)10-17(18)19(27(33)29-26-14(2)30-35-15(26)3)12-31(20)13-24-25(28)16-8-6-7-9-23(16)36-24/h5-12,20,32H,1,13H2,2-4H3,(H,29,33). The lowest BCUT2D eigenvalue weighted by Gasteiger charge is -2.35. The highest BCUT2D eigenvalue weighted by molar-refractivity contribution is 7.19. The Morgan fingerprint density at radius 1 is 1.36 bits per heavy atom. The zero-order valence-electron chi connectivity index (χ0n) is 20.0. The van der Waals surface area contributed by atoms with Crippen LogP contribution < -0.4 is 10.1 Å². The zero-order chi connectivity index (χ0) is 25.6. The predicted molar refractivity (Wildman–Crippen MR) is 143 cm³/mol. The molecule has 0 spiro atoms. The van der Waals surface area contributed by atoms with E-state index in [1.807, 2.05) is 29.2 Å². The molecule has 0 radical (unpaired) electrons. The number of phenolic OH excluding ortho intramolecular Hbond substituents is 1. The van der Waals surface area contributed by atoms with Gasteiger partial charge in [-0.1, -0.05) is 41.0 Å². The summed E-state index contributed by atoms with van der Waals surface area (Å²) >= 11 is 8.37. The molecule has 1 atom stereocenters. The number of fused-ring (bicyclic) bond motifs is 2. The fourth-order valence-electron chi connectivity index (χ4n) is 4.48. The molecule has 2 aromatic carbocycles. The second-order valence-corrected chi connectivity index (χ2v) is 10.0. The second-order valence-electron chi connectivity index (χ2n) is 8.50. The van der Waals surface area contributed by atoms with Gasteiger partial charge in [0, 0.05) is 21.2 Å². The number of carbonyl (C=O) groups excluding carboxylic acids is 1. The van der Waals surface area contributed by atoms with Crippen LogP contribution in [0.25, 0.3) is 15.7 Å². The molecule has 4 aromatic rings. The third kappa shape index (κ3) is 4.02. The number of amides is 1. The number of rotatable bonds is 6. The number of halogens is 1. The van der Waals surface area contributed by atoms with Gasteiger partial charge in [-0.2, -0.15) is 0 Å². The number of methoxy groups -OCH3 is 1. The number of nitrogens with zero attached hydrogens (tertiary/aromatic N) is 2. The third-order valence-electron chi connectivity index (χ3n) is 6.28. The molecule has 1 amide bonds. The Morgan fingerprint density at radius 2 is 2.14 bits per heavy atom. The lowest BCUT2D eigenvalue weighted by atomic mass is 9.89. The van der Waals surface area contributed by atoms with Crippen molar-refractivity contribution in [1.29, 1.82) is 0 Å². The number of hydrogen-bond donors (Lipinski definition) is 2. The Morgan fingerprint density at radius 3 is 2.81 bits per heavy atom. The van der Waals surface area contributed by atoms with Crippen molar-refractivity contribution in [2.45, 2.75) is 26.4 Å². The molecular weight excluding hydrogens is 498 g/mol. The molecule has 1 aliphatic heterocycles. The van der Waals surface area contributed by atoms with E-state index in [9.17, 15) is 9.90 Å². The van der Waals surface area contributed by atoms with Gasteiger partial charge in [0.05, 0.1) is 30.3 Å². The average Bonchev–Trinajstić information content (AvgIpc) is 3.36. The number of nitrogens with one attached hydrogen (secondary N) is 1. The molecule has 1 aliphatic rings. The molecule has 9 heteroatoms. The molecule has 0 fully saturated rings. The summed E-state index contributed by atoms with van der Waals surface area (Å²) in [4.78, 5) is 16.6. The molecule has 0 aliphatic carbocycles. The van der Waals surface area contributed by atoms with Gasteiger partial charge in [0.25, 0.3) is 5.91 Å². The van der Waals surface area contributed by atoms with Crippen molar-refractivity contribution >= 4 is 50.2 Å². The fraction of sp³-hybridized carbons (Fsp3) is 0.185. The first-order chi connectivity index (χ1) is 17.3. The molecule has 3 heterocycles. The van der Waals surface area contributed by atoms with Crippen LogP contribution in [0.2, 0.25) is 5.02 Å². The summed E-state index contributed by atoms with van der Waals surface area (Å²) in [6, 6.07) is 11.0. The Kier molecular flexibility index (Phi) is 6.24. The number of hydrogen-bond acceptors (Lipinski definition) is 7. The molecule has 5 rings (SSSR count). The van der Waals surface area contributed by atoms with Crippen LogP contribution in [-0.4, -0.2) is 28.2 Å². The van der Waals surface area contributed by atoms with E-state index >= 15 is 0 Å². The van der Waals surface area contributed by atoms with Crippen molar-refractivity contribution in [1.82, 2.24) is 10.1 Å². The molecule has 1 unspecified atom stereocenters. The maximum atomic E-state index is 13.6. The minimum absolute atomic E-state index is 0.0592. The van der Waals surface area contributed by atoms with Crippen molar-refractivity contribution in [3.63, 3.8) is 0 Å². The summed E-state index contributed by atoms with van der Waals surface area (Å²) in [5, 5.41) is 19.1. The highest BCUT2D eigenvalue weighted by atomic mass is 35.5. The van der Waals surface area contributed by atoms with Crippen LogP contribution >= 0.6 is 22.9 Å². The summed E-state index contributed by atoms with van der Waals surface area (Å²) in [7, 11) is 1.49. The molecule has 7 nitrogen and oxygen atoms in total. The maximum absolute atomic E-state index is 13.6. The molecule has 2 N–H and O–H groups in total. The van der Waals surface area contributed by atoms with Gasteiger partial charge in [-0.25, -0.2) is 0 Å². The molecule has 184 valence electrons. The van der Waals surface area contributed by atoms with Crippen molar-refractivity contribution in [3.8, 4) is 11.5 Å². The van der Waals surface area contributed by atoms with Crippen molar-refractivity contribution in [3.05, 3.63) is 87.7 Å². The van der Waals surface area contributed by atoms with E-state index in [1.165, 1.54) is 7.11 Å². The summed E-state index contributed by atoms with van der Waals surface area (Å²) in [5.74, 6) is 0.405. The van der Waals surface area contributed by atoms with Crippen LogP contribution in [0.5, 0.6) is 11.5 Å². The van der Waals surface area contributed by atoms with Crippen molar-refractivity contribution in [2.75, 3.05) is 12.4 Å². The van der Waals surface area contributed by atoms with E-state index in [0.717, 1.165) is 20.5 Å². The van der Waals surface area contributed by atoms with E-state index in [-0.39, 0.29) is 17.7 Å². The van der Waals surface area contributed by atoms with E-state index in [2.05, 4.69) is 17.1 Å². The number of ether oxygens (including phenoxy) is 1. The number of benzene rings is 2.